The molecule has 2 heterocycles. The minimum atomic E-state index is -1.88. The van der Waals surface area contributed by atoms with Gasteiger partial charge in [-0.25, -0.2) is 9.07 Å². The molecule has 0 unspecified atom stereocenters. The maximum Gasteiger partial charge on any atom is 0.268 e. The Morgan fingerprint density at radius 3 is 2.39 bits per heavy atom. The van der Waals surface area contributed by atoms with Gasteiger partial charge in [0.15, 0.2) is 5.60 Å². The fraction of sp³-hybridized carbons (Fsp3) is 0.125. The SMILES string of the molecule is O=C1N(Cc2cn(Cc3ccccc3)nn2)c2ccccc2[C@@]1(O)c1ccc(F)cc1. The summed E-state index contributed by atoms with van der Waals surface area (Å²) in [6, 6.07) is 22.3. The van der Waals surface area contributed by atoms with E-state index in [2.05, 4.69) is 10.3 Å². The summed E-state index contributed by atoms with van der Waals surface area (Å²) in [6.45, 7) is 0.728. The molecule has 5 rings (SSSR count). The highest BCUT2D eigenvalue weighted by molar-refractivity contribution is 6.08. The Balaban J connectivity index is 1.45. The van der Waals surface area contributed by atoms with E-state index in [-0.39, 0.29) is 6.54 Å². The summed E-state index contributed by atoms with van der Waals surface area (Å²) >= 11 is 0. The fourth-order valence-corrected chi connectivity index (χ4v) is 3.98. The summed E-state index contributed by atoms with van der Waals surface area (Å²) < 4.78 is 15.1. The van der Waals surface area contributed by atoms with Crippen LogP contribution in [0, 0.1) is 5.82 Å². The summed E-state index contributed by atoms with van der Waals surface area (Å²) in [6.07, 6.45) is 1.79. The molecule has 154 valence electrons. The summed E-state index contributed by atoms with van der Waals surface area (Å²) in [7, 11) is 0. The first kappa shape index (κ1) is 19.1. The quantitative estimate of drug-likeness (QED) is 0.544. The van der Waals surface area contributed by atoms with E-state index in [1.807, 2.05) is 36.4 Å². The van der Waals surface area contributed by atoms with Gasteiger partial charge in [-0.1, -0.05) is 65.9 Å². The van der Waals surface area contributed by atoms with Gasteiger partial charge in [-0.2, -0.15) is 0 Å². The number of halogens is 1. The number of fused-ring (bicyclic) bond motifs is 1. The molecule has 3 aromatic carbocycles. The van der Waals surface area contributed by atoms with Crippen LogP contribution in [0.4, 0.5) is 10.1 Å². The smallest absolute Gasteiger partial charge is 0.268 e. The van der Waals surface area contributed by atoms with E-state index in [1.165, 1.54) is 29.2 Å². The molecule has 0 spiro atoms. The molecular weight excluding hydrogens is 395 g/mol. The summed E-state index contributed by atoms with van der Waals surface area (Å²) in [5, 5.41) is 19.8. The van der Waals surface area contributed by atoms with Gasteiger partial charge >= 0.3 is 0 Å². The Morgan fingerprint density at radius 2 is 1.61 bits per heavy atom. The van der Waals surface area contributed by atoms with Crippen LogP contribution in [-0.4, -0.2) is 26.0 Å². The molecule has 1 atom stereocenters. The van der Waals surface area contributed by atoms with Crippen molar-refractivity contribution in [3.8, 4) is 0 Å². The number of anilines is 1. The van der Waals surface area contributed by atoms with Gasteiger partial charge in [0.25, 0.3) is 5.91 Å². The number of aromatic nitrogens is 3. The number of amides is 1. The number of carbonyl (C=O) groups excluding carboxylic acids is 1. The molecule has 1 amide bonds. The van der Waals surface area contributed by atoms with Crippen LogP contribution >= 0.6 is 0 Å². The third-order valence-corrected chi connectivity index (χ3v) is 5.49. The molecule has 1 aromatic heterocycles. The van der Waals surface area contributed by atoms with Crippen LogP contribution in [0.1, 0.15) is 22.4 Å². The minimum absolute atomic E-state index is 0.161. The highest BCUT2D eigenvalue weighted by Crippen LogP contribution is 2.44. The molecule has 0 radical (unpaired) electrons. The average molecular weight is 414 g/mol. The molecule has 0 aliphatic carbocycles. The number of para-hydroxylation sites is 1. The van der Waals surface area contributed by atoms with Crippen LogP contribution in [0.15, 0.2) is 85.1 Å². The minimum Gasteiger partial charge on any atom is -0.372 e. The molecular formula is C24H19FN4O2. The number of carbonyl (C=O) groups is 1. The largest absolute Gasteiger partial charge is 0.372 e. The second-order valence-electron chi connectivity index (χ2n) is 7.52. The number of hydrogen-bond donors (Lipinski definition) is 1. The second-order valence-corrected chi connectivity index (χ2v) is 7.52. The third kappa shape index (κ3) is 3.29. The molecule has 7 heteroatoms. The highest BCUT2D eigenvalue weighted by Gasteiger charge is 2.51. The molecule has 4 aromatic rings. The van der Waals surface area contributed by atoms with Crippen molar-refractivity contribution in [1.82, 2.24) is 15.0 Å². The van der Waals surface area contributed by atoms with E-state index < -0.39 is 17.3 Å². The maximum absolute atomic E-state index is 13.4. The van der Waals surface area contributed by atoms with Crippen molar-refractivity contribution in [3.63, 3.8) is 0 Å². The van der Waals surface area contributed by atoms with E-state index in [0.29, 0.717) is 29.1 Å². The fourth-order valence-electron chi connectivity index (χ4n) is 3.98. The van der Waals surface area contributed by atoms with Crippen molar-refractivity contribution in [2.45, 2.75) is 18.7 Å². The lowest BCUT2D eigenvalue weighted by molar-refractivity contribution is -0.132. The first-order valence-corrected chi connectivity index (χ1v) is 9.88. The van der Waals surface area contributed by atoms with Crippen LogP contribution < -0.4 is 4.90 Å². The number of rotatable bonds is 5. The topological polar surface area (TPSA) is 71.2 Å². The van der Waals surface area contributed by atoms with Crippen LogP contribution in [0.3, 0.4) is 0 Å². The number of aliphatic hydroxyl groups is 1. The summed E-state index contributed by atoms with van der Waals surface area (Å²) in [5.41, 5.74) is 1.18. The molecule has 1 aliphatic heterocycles. The number of nitrogens with zero attached hydrogens (tertiary/aromatic N) is 4. The zero-order valence-electron chi connectivity index (χ0n) is 16.5. The van der Waals surface area contributed by atoms with Crippen LogP contribution in [0.25, 0.3) is 0 Å². The summed E-state index contributed by atoms with van der Waals surface area (Å²) in [5.74, 6) is -0.934. The molecule has 31 heavy (non-hydrogen) atoms. The highest BCUT2D eigenvalue weighted by atomic mass is 19.1. The molecule has 1 aliphatic rings. The van der Waals surface area contributed by atoms with E-state index in [4.69, 9.17) is 0 Å². The Kier molecular flexibility index (Phi) is 4.60. The van der Waals surface area contributed by atoms with Gasteiger partial charge in [0, 0.05) is 5.56 Å². The van der Waals surface area contributed by atoms with E-state index in [0.717, 1.165) is 5.56 Å². The average Bonchev–Trinajstić information content (AvgIpc) is 3.32. The number of hydrogen-bond acceptors (Lipinski definition) is 4. The van der Waals surface area contributed by atoms with Crippen molar-refractivity contribution in [3.05, 3.63) is 113 Å². The predicted molar refractivity (Wildman–Crippen MR) is 113 cm³/mol. The Morgan fingerprint density at radius 1 is 0.903 bits per heavy atom. The van der Waals surface area contributed by atoms with Gasteiger partial charge in [-0.3, -0.25) is 4.79 Å². The third-order valence-electron chi connectivity index (χ3n) is 5.49. The monoisotopic (exact) mass is 414 g/mol. The van der Waals surface area contributed by atoms with Crippen molar-refractivity contribution in [2.24, 2.45) is 0 Å². The molecule has 0 saturated heterocycles. The Labute approximate surface area is 178 Å². The Bertz CT molecular complexity index is 1240. The van der Waals surface area contributed by atoms with Gasteiger partial charge in [-0.15, -0.1) is 5.10 Å². The van der Waals surface area contributed by atoms with Crippen LogP contribution in [-0.2, 0) is 23.5 Å². The maximum atomic E-state index is 13.4. The summed E-state index contributed by atoms with van der Waals surface area (Å²) in [4.78, 5) is 14.9. The van der Waals surface area contributed by atoms with Gasteiger partial charge in [0.2, 0.25) is 0 Å². The van der Waals surface area contributed by atoms with E-state index in [9.17, 15) is 14.3 Å². The molecule has 6 nitrogen and oxygen atoms in total. The number of benzene rings is 3. The zero-order chi connectivity index (χ0) is 21.4. The van der Waals surface area contributed by atoms with E-state index >= 15 is 0 Å². The van der Waals surface area contributed by atoms with Crippen molar-refractivity contribution in [1.29, 1.82) is 0 Å². The molecule has 1 N–H and O–H groups in total. The van der Waals surface area contributed by atoms with Crippen LogP contribution in [0.2, 0.25) is 0 Å². The lowest BCUT2D eigenvalue weighted by Crippen LogP contribution is -2.41. The second kappa shape index (κ2) is 7.45. The van der Waals surface area contributed by atoms with E-state index in [1.54, 1.807) is 29.1 Å². The van der Waals surface area contributed by atoms with Gasteiger partial charge in [-0.05, 0) is 29.3 Å². The van der Waals surface area contributed by atoms with Crippen LogP contribution in [0.5, 0.6) is 0 Å². The first-order chi connectivity index (χ1) is 15.1. The lowest BCUT2D eigenvalue weighted by atomic mass is 9.87. The molecule has 0 bridgehead atoms. The first-order valence-electron chi connectivity index (χ1n) is 9.88. The lowest BCUT2D eigenvalue weighted by Gasteiger charge is -2.23. The predicted octanol–water partition coefficient (Wildman–Crippen LogP) is 3.25. The standard InChI is InChI=1S/C24H19FN4O2/c25-19-12-10-18(11-13-19)24(31)21-8-4-5-9-22(21)29(23(24)30)16-20-15-28(27-26-20)14-17-6-2-1-3-7-17/h1-13,15,31H,14,16H2/t24-/m0/s1. The van der Waals surface area contributed by atoms with Crippen molar-refractivity contribution >= 4 is 11.6 Å². The molecule has 0 saturated carbocycles. The van der Waals surface area contributed by atoms with Crippen molar-refractivity contribution < 1.29 is 14.3 Å². The van der Waals surface area contributed by atoms with Crippen molar-refractivity contribution in [2.75, 3.05) is 4.90 Å². The van der Waals surface area contributed by atoms with Gasteiger partial charge in [0.1, 0.15) is 11.5 Å². The zero-order valence-corrected chi connectivity index (χ0v) is 16.5. The van der Waals surface area contributed by atoms with Gasteiger partial charge < -0.3 is 10.0 Å². The van der Waals surface area contributed by atoms with Gasteiger partial charge in [0.05, 0.1) is 25.0 Å². The molecule has 0 fully saturated rings. The normalized spacial score (nSPS) is 17.7. The Hall–Kier alpha value is -3.84.